The van der Waals surface area contributed by atoms with Crippen molar-refractivity contribution in [3.05, 3.63) is 58.1 Å². The molecule has 0 saturated heterocycles. The van der Waals surface area contributed by atoms with E-state index in [1.54, 1.807) is 0 Å². The van der Waals surface area contributed by atoms with Crippen molar-refractivity contribution in [1.29, 1.82) is 0 Å². The molecule has 2 aromatic rings. The molecule has 0 radical (unpaired) electrons. The monoisotopic (exact) mass is 254 g/mol. The lowest BCUT2D eigenvalue weighted by atomic mass is 9.86. The Balaban J connectivity index is 0.000000861. The molecule has 0 aromatic heterocycles. The predicted molar refractivity (Wildman–Crippen MR) is 86.9 cm³/mol. The molecule has 0 aliphatic rings. The van der Waals surface area contributed by atoms with E-state index >= 15 is 0 Å². The molecule has 2 rings (SSSR count). The van der Waals surface area contributed by atoms with Crippen molar-refractivity contribution in [1.82, 2.24) is 0 Å². The Morgan fingerprint density at radius 3 is 1.32 bits per heavy atom. The van der Waals surface area contributed by atoms with Crippen molar-refractivity contribution in [3.8, 4) is 11.1 Å². The molecule has 0 atom stereocenters. The summed E-state index contributed by atoms with van der Waals surface area (Å²) >= 11 is 0. The van der Waals surface area contributed by atoms with E-state index in [0.717, 1.165) is 0 Å². The minimum absolute atomic E-state index is 1.33. The van der Waals surface area contributed by atoms with Gasteiger partial charge in [0.15, 0.2) is 0 Å². The van der Waals surface area contributed by atoms with E-state index in [4.69, 9.17) is 0 Å². The molecule has 0 aliphatic carbocycles. The Bertz CT molecular complexity index is 519. The van der Waals surface area contributed by atoms with Gasteiger partial charge in [0.25, 0.3) is 0 Å². The highest BCUT2D eigenvalue weighted by Gasteiger charge is 2.12. The second-order valence-corrected chi connectivity index (χ2v) is 4.87. The average Bonchev–Trinajstić information content (AvgIpc) is 2.46. The van der Waals surface area contributed by atoms with Gasteiger partial charge in [0.1, 0.15) is 0 Å². The normalized spacial score (nSPS) is 9.84. The van der Waals surface area contributed by atoms with Crippen LogP contribution in [0.25, 0.3) is 11.1 Å². The SMILES string of the molecule is CC.Cc1c(C)c(C)c(-c2ccccc2)c(C)c1C. The van der Waals surface area contributed by atoms with Gasteiger partial charge in [0.05, 0.1) is 0 Å². The van der Waals surface area contributed by atoms with Crippen LogP contribution in [0.4, 0.5) is 0 Å². The van der Waals surface area contributed by atoms with E-state index in [1.165, 1.54) is 38.9 Å². The van der Waals surface area contributed by atoms with Crippen LogP contribution in [0.3, 0.4) is 0 Å². The van der Waals surface area contributed by atoms with Crippen LogP contribution in [0.15, 0.2) is 30.3 Å². The third kappa shape index (κ3) is 2.89. The molecular weight excluding hydrogens is 228 g/mol. The van der Waals surface area contributed by atoms with E-state index in [0.29, 0.717) is 0 Å². The van der Waals surface area contributed by atoms with Gasteiger partial charge in [-0.05, 0) is 73.6 Å². The largest absolute Gasteiger partial charge is 0.0683 e. The lowest BCUT2D eigenvalue weighted by molar-refractivity contribution is 1.18. The first kappa shape index (κ1) is 15.5. The number of hydrogen-bond donors (Lipinski definition) is 0. The molecule has 0 unspecified atom stereocenters. The topological polar surface area (TPSA) is 0 Å². The summed E-state index contributed by atoms with van der Waals surface area (Å²) in [6.07, 6.45) is 0. The molecule has 0 saturated carbocycles. The highest BCUT2D eigenvalue weighted by molar-refractivity contribution is 5.74. The molecule has 2 aromatic carbocycles. The van der Waals surface area contributed by atoms with Crippen molar-refractivity contribution >= 4 is 0 Å². The standard InChI is InChI=1S/C17H20.C2H6/c1-11-12(2)14(4)17(15(5)13(11)3)16-9-7-6-8-10-16;1-2/h6-10H,1-5H3;1-2H3. The molecule has 0 fully saturated rings. The van der Waals surface area contributed by atoms with Gasteiger partial charge in [-0.2, -0.15) is 0 Å². The first-order valence-electron chi connectivity index (χ1n) is 7.16. The fraction of sp³-hybridized carbons (Fsp3) is 0.368. The van der Waals surface area contributed by atoms with E-state index < -0.39 is 0 Å². The number of benzene rings is 2. The zero-order valence-electron chi connectivity index (χ0n) is 13.4. The lowest BCUT2D eigenvalue weighted by Crippen LogP contribution is -1.99. The van der Waals surface area contributed by atoms with E-state index in [-0.39, 0.29) is 0 Å². The maximum Gasteiger partial charge on any atom is -0.0120 e. The third-order valence-electron chi connectivity index (χ3n) is 4.06. The van der Waals surface area contributed by atoms with Crippen molar-refractivity contribution in [2.24, 2.45) is 0 Å². The Labute approximate surface area is 118 Å². The molecule has 102 valence electrons. The summed E-state index contributed by atoms with van der Waals surface area (Å²) in [7, 11) is 0. The Hall–Kier alpha value is -1.56. The Kier molecular flexibility index (Phi) is 5.35. The first-order chi connectivity index (χ1) is 9.04. The quantitative estimate of drug-likeness (QED) is 0.592. The summed E-state index contributed by atoms with van der Waals surface area (Å²) in [5.74, 6) is 0. The summed E-state index contributed by atoms with van der Waals surface area (Å²) < 4.78 is 0. The Morgan fingerprint density at radius 2 is 0.895 bits per heavy atom. The summed E-state index contributed by atoms with van der Waals surface area (Å²) in [5, 5.41) is 0. The van der Waals surface area contributed by atoms with Gasteiger partial charge in [-0.15, -0.1) is 0 Å². The van der Waals surface area contributed by atoms with Crippen LogP contribution >= 0.6 is 0 Å². The van der Waals surface area contributed by atoms with Gasteiger partial charge in [-0.3, -0.25) is 0 Å². The van der Waals surface area contributed by atoms with Crippen LogP contribution in [0.1, 0.15) is 41.7 Å². The van der Waals surface area contributed by atoms with Crippen LogP contribution < -0.4 is 0 Å². The fourth-order valence-corrected chi connectivity index (χ4v) is 2.54. The van der Waals surface area contributed by atoms with Crippen molar-refractivity contribution in [2.45, 2.75) is 48.5 Å². The number of hydrogen-bond acceptors (Lipinski definition) is 0. The minimum atomic E-state index is 1.33. The van der Waals surface area contributed by atoms with Crippen LogP contribution in [0, 0.1) is 34.6 Å². The predicted octanol–water partition coefficient (Wildman–Crippen LogP) is 5.92. The van der Waals surface area contributed by atoms with Crippen LogP contribution in [-0.2, 0) is 0 Å². The molecule has 0 heterocycles. The average molecular weight is 254 g/mol. The van der Waals surface area contributed by atoms with Gasteiger partial charge in [0, 0.05) is 0 Å². The summed E-state index contributed by atoms with van der Waals surface area (Å²) in [6.45, 7) is 15.1. The maximum absolute atomic E-state index is 2.23. The maximum atomic E-state index is 2.23. The first-order valence-corrected chi connectivity index (χ1v) is 7.16. The Morgan fingerprint density at radius 1 is 0.526 bits per heavy atom. The van der Waals surface area contributed by atoms with Gasteiger partial charge in [-0.1, -0.05) is 44.2 Å². The molecule has 0 heteroatoms. The highest BCUT2D eigenvalue weighted by Crippen LogP contribution is 2.33. The molecule has 0 aliphatic heterocycles. The van der Waals surface area contributed by atoms with Crippen molar-refractivity contribution < 1.29 is 0 Å². The van der Waals surface area contributed by atoms with E-state index in [1.807, 2.05) is 13.8 Å². The molecular formula is C19H26. The zero-order chi connectivity index (χ0) is 14.6. The van der Waals surface area contributed by atoms with Gasteiger partial charge in [0.2, 0.25) is 0 Å². The number of rotatable bonds is 1. The van der Waals surface area contributed by atoms with Crippen LogP contribution in [0.2, 0.25) is 0 Å². The summed E-state index contributed by atoms with van der Waals surface area (Å²) in [6, 6.07) is 10.7. The molecule has 0 nitrogen and oxygen atoms in total. The smallest absolute Gasteiger partial charge is 0.0120 e. The molecule has 19 heavy (non-hydrogen) atoms. The zero-order valence-corrected chi connectivity index (χ0v) is 13.4. The second-order valence-electron chi connectivity index (χ2n) is 4.87. The van der Waals surface area contributed by atoms with Gasteiger partial charge < -0.3 is 0 Å². The fourth-order valence-electron chi connectivity index (χ4n) is 2.54. The van der Waals surface area contributed by atoms with Gasteiger partial charge >= 0.3 is 0 Å². The highest BCUT2D eigenvalue weighted by atomic mass is 14.2. The van der Waals surface area contributed by atoms with Gasteiger partial charge in [-0.25, -0.2) is 0 Å². The van der Waals surface area contributed by atoms with Crippen LogP contribution in [-0.4, -0.2) is 0 Å². The molecule has 0 N–H and O–H groups in total. The van der Waals surface area contributed by atoms with E-state index in [9.17, 15) is 0 Å². The van der Waals surface area contributed by atoms with Crippen molar-refractivity contribution in [3.63, 3.8) is 0 Å². The summed E-state index contributed by atoms with van der Waals surface area (Å²) in [4.78, 5) is 0. The molecule has 0 amide bonds. The molecule has 0 bridgehead atoms. The van der Waals surface area contributed by atoms with E-state index in [2.05, 4.69) is 65.0 Å². The lowest BCUT2D eigenvalue weighted by Gasteiger charge is -2.18. The minimum Gasteiger partial charge on any atom is -0.0683 e. The van der Waals surface area contributed by atoms with Crippen molar-refractivity contribution in [2.75, 3.05) is 0 Å². The second kappa shape index (κ2) is 6.56. The third-order valence-corrected chi connectivity index (χ3v) is 4.06. The van der Waals surface area contributed by atoms with Crippen LogP contribution in [0.5, 0.6) is 0 Å². The summed E-state index contributed by atoms with van der Waals surface area (Å²) in [5.41, 5.74) is 9.84. The molecule has 0 spiro atoms.